The summed E-state index contributed by atoms with van der Waals surface area (Å²) in [7, 11) is -1.46. The summed E-state index contributed by atoms with van der Waals surface area (Å²) in [5.74, 6) is 0.810. The number of hydrogen-bond acceptors (Lipinski definition) is 6. The van der Waals surface area contributed by atoms with Crippen molar-refractivity contribution in [3.8, 4) is 11.4 Å². The Morgan fingerprint density at radius 3 is 2.63 bits per heavy atom. The van der Waals surface area contributed by atoms with Crippen LogP contribution in [-0.4, -0.2) is 53.8 Å². The highest BCUT2D eigenvalue weighted by Crippen LogP contribution is 2.29. The molecule has 1 fully saturated rings. The molecular weight excluding hydrogens is 422 g/mol. The molecule has 9 heteroatoms. The molecule has 1 N–H and O–H groups in total. The number of para-hydroxylation sites is 2. The van der Waals surface area contributed by atoms with Crippen LogP contribution in [0.3, 0.4) is 0 Å². The lowest BCUT2D eigenvalue weighted by Gasteiger charge is -2.23. The molecule has 30 heavy (non-hydrogen) atoms. The summed E-state index contributed by atoms with van der Waals surface area (Å²) in [5, 5.41) is 3.59. The molecule has 0 saturated carbocycles. The van der Waals surface area contributed by atoms with Gasteiger partial charge in [-0.25, -0.2) is 13.4 Å². The Bertz CT molecular complexity index is 1190. The van der Waals surface area contributed by atoms with E-state index in [-0.39, 0.29) is 23.2 Å². The fourth-order valence-electron chi connectivity index (χ4n) is 3.69. The number of sulfone groups is 1. The van der Waals surface area contributed by atoms with E-state index in [9.17, 15) is 13.2 Å². The zero-order valence-corrected chi connectivity index (χ0v) is 18.4. The van der Waals surface area contributed by atoms with Gasteiger partial charge in [0.2, 0.25) is 5.91 Å². The third-order valence-electron chi connectivity index (χ3n) is 5.14. The predicted octanol–water partition coefficient (Wildman–Crippen LogP) is 2.82. The van der Waals surface area contributed by atoms with Crippen LogP contribution < -0.4 is 10.1 Å². The second-order valence-electron chi connectivity index (χ2n) is 7.66. The molecule has 0 aliphatic carbocycles. The molecule has 1 aliphatic heterocycles. The fraction of sp³-hybridized carbons (Fsp3) is 0.333. The van der Waals surface area contributed by atoms with Crippen molar-refractivity contribution in [2.24, 2.45) is 0 Å². The topological polar surface area (TPSA) is 90.3 Å². The first kappa shape index (κ1) is 20.7. The molecule has 1 aromatic heterocycles. The molecule has 1 unspecified atom stereocenters. The van der Waals surface area contributed by atoms with Crippen molar-refractivity contribution in [3.05, 3.63) is 48.5 Å². The van der Waals surface area contributed by atoms with Gasteiger partial charge in [-0.3, -0.25) is 9.36 Å². The second kappa shape index (κ2) is 7.96. The van der Waals surface area contributed by atoms with Crippen LogP contribution in [-0.2, 0) is 14.6 Å². The molecule has 0 radical (unpaired) electrons. The second-order valence-corrected chi connectivity index (χ2v) is 10.8. The number of carbonyl (C=O) groups excluding carboxylic acids is 1. The van der Waals surface area contributed by atoms with Crippen LogP contribution in [0, 0.1) is 0 Å². The number of thioether (sulfide) groups is 1. The van der Waals surface area contributed by atoms with E-state index in [1.807, 2.05) is 53.1 Å². The molecule has 1 atom stereocenters. The van der Waals surface area contributed by atoms with E-state index in [0.717, 1.165) is 22.5 Å². The first-order chi connectivity index (χ1) is 14.3. The predicted molar refractivity (Wildman–Crippen MR) is 118 cm³/mol. The van der Waals surface area contributed by atoms with Crippen molar-refractivity contribution in [3.63, 3.8) is 0 Å². The fourth-order valence-corrected chi connectivity index (χ4v) is 6.61. The van der Waals surface area contributed by atoms with Crippen LogP contribution in [0.2, 0.25) is 0 Å². The number of benzene rings is 2. The number of carbonyl (C=O) groups is 1. The van der Waals surface area contributed by atoms with Gasteiger partial charge in [-0.05, 0) is 49.7 Å². The third kappa shape index (κ3) is 4.32. The van der Waals surface area contributed by atoms with Crippen molar-refractivity contribution in [1.82, 2.24) is 14.9 Å². The SMILES string of the molecule is COc1ccc(-n2c(SCC(=O)NC3(C)CCS(=O)(=O)C3)nc3ccccc32)cc1. The molecule has 3 aromatic rings. The lowest BCUT2D eigenvalue weighted by Crippen LogP contribution is -2.47. The summed E-state index contributed by atoms with van der Waals surface area (Å²) in [6.07, 6.45) is 0.441. The van der Waals surface area contributed by atoms with Gasteiger partial charge in [-0.2, -0.15) is 0 Å². The standard InChI is InChI=1S/C21H23N3O4S2/c1-21(11-12-30(26,27)14-21)23-19(25)13-29-20-22-17-5-3-4-6-18(17)24(20)15-7-9-16(28-2)10-8-15/h3-10H,11-14H2,1-2H3,(H,23,25). The Morgan fingerprint density at radius 2 is 1.97 bits per heavy atom. The van der Waals surface area contributed by atoms with E-state index in [4.69, 9.17) is 9.72 Å². The van der Waals surface area contributed by atoms with Gasteiger partial charge in [-0.1, -0.05) is 23.9 Å². The minimum absolute atomic E-state index is 0.0131. The molecule has 2 heterocycles. The molecule has 0 bridgehead atoms. The van der Waals surface area contributed by atoms with E-state index < -0.39 is 15.4 Å². The molecule has 2 aromatic carbocycles. The summed E-state index contributed by atoms with van der Waals surface area (Å²) in [6.45, 7) is 1.78. The minimum Gasteiger partial charge on any atom is -0.497 e. The van der Waals surface area contributed by atoms with Gasteiger partial charge in [0.1, 0.15) is 5.75 Å². The number of ether oxygens (including phenoxy) is 1. The number of aromatic nitrogens is 2. The number of amides is 1. The molecular formula is C21H23N3O4S2. The number of fused-ring (bicyclic) bond motifs is 1. The Hall–Kier alpha value is -2.52. The highest BCUT2D eigenvalue weighted by molar-refractivity contribution is 7.99. The van der Waals surface area contributed by atoms with E-state index in [1.165, 1.54) is 11.8 Å². The Balaban J connectivity index is 1.56. The van der Waals surface area contributed by atoms with Crippen molar-refractivity contribution in [2.75, 3.05) is 24.4 Å². The summed E-state index contributed by atoms with van der Waals surface area (Å²) in [4.78, 5) is 17.2. The number of rotatable bonds is 6. The van der Waals surface area contributed by atoms with E-state index in [0.29, 0.717) is 11.6 Å². The molecule has 1 amide bonds. The average Bonchev–Trinajstić information content (AvgIpc) is 3.22. The number of hydrogen-bond donors (Lipinski definition) is 1. The molecule has 1 aliphatic rings. The number of imidazole rings is 1. The van der Waals surface area contributed by atoms with Crippen LogP contribution in [0.15, 0.2) is 53.7 Å². The number of methoxy groups -OCH3 is 1. The monoisotopic (exact) mass is 445 g/mol. The molecule has 4 rings (SSSR count). The maximum atomic E-state index is 12.6. The summed E-state index contributed by atoms with van der Waals surface area (Å²) < 4.78 is 30.8. The van der Waals surface area contributed by atoms with Gasteiger partial charge in [0.25, 0.3) is 0 Å². The van der Waals surface area contributed by atoms with Gasteiger partial charge in [-0.15, -0.1) is 0 Å². The Labute approximate surface area is 179 Å². The van der Waals surface area contributed by atoms with Crippen LogP contribution in [0.1, 0.15) is 13.3 Å². The molecule has 0 spiro atoms. The van der Waals surface area contributed by atoms with Crippen LogP contribution in [0.4, 0.5) is 0 Å². The molecule has 158 valence electrons. The highest BCUT2D eigenvalue weighted by Gasteiger charge is 2.39. The largest absolute Gasteiger partial charge is 0.497 e. The normalized spacial score (nSPS) is 20.3. The van der Waals surface area contributed by atoms with Crippen LogP contribution in [0.5, 0.6) is 5.75 Å². The lowest BCUT2D eigenvalue weighted by atomic mass is 10.0. The van der Waals surface area contributed by atoms with Crippen molar-refractivity contribution in [1.29, 1.82) is 0 Å². The van der Waals surface area contributed by atoms with E-state index in [1.54, 1.807) is 14.0 Å². The number of nitrogens with one attached hydrogen (secondary N) is 1. The van der Waals surface area contributed by atoms with Crippen molar-refractivity contribution < 1.29 is 17.9 Å². The first-order valence-electron chi connectivity index (χ1n) is 9.55. The summed E-state index contributed by atoms with van der Waals surface area (Å²) in [6, 6.07) is 15.5. The van der Waals surface area contributed by atoms with Crippen LogP contribution in [0.25, 0.3) is 16.7 Å². The summed E-state index contributed by atoms with van der Waals surface area (Å²) >= 11 is 1.33. The lowest BCUT2D eigenvalue weighted by molar-refractivity contribution is -0.120. The highest BCUT2D eigenvalue weighted by atomic mass is 32.2. The molecule has 1 saturated heterocycles. The smallest absolute Gasteiger partial charge is 0.230 e. The Kier molecular flexibility index (Phi) is 5.50. The molecule has 7 nitrogen and oxygen atoms in total. The van der Waals surface area contributed by atoms with E-state index in [2.05, 4.69) is 5.32 Å². The zero-order valence-electron chi connectivity index (χ0n) is 16.8. The number of nitrogens with zero attached hydrogens (tertiary/aromatic N) is 2. The van der Waals surface area contributed by atoms with Gasteiger partial charge in [0, 0.05) is 5.69 Å². The zero-order chi connectivity index (χ0) is 21.4. The van der Waals surface area contributed by atoms with E-state index >= 15 is 0 Å². The van der Waals surface area contributed by atoms with Gasteiger partial charge in [0.15, 0.2) is 15.0 Å². The van der Waals surface area contributed by atoms with Gasteiger partial charge in [0.05, 0.1) is 40.9 Å². The van der Waals surface area contributed by atoms with Crippen molar-refractivity contribution >= 4 is 38.5 Å². The first-order valence-corrected chi connectivity index (χ1v) is 12.4. The van der Waals surface area contributed by atoms with Gasteiger partial charge < -0.3 is 10.1 Å². The van der Waals surface area contributed by atoms with Crippen molar-refractivity contribution in [2.45, 2.75) is 24.0 Å². The van der Waals surface area contributed by atoms with Gasteiger partial charge >= 0.3 is 0 Å². The average molecular weight is 446 g/mol. The third-order valence-corrected chi connectivity index (χ3v) is 7.98. The maximum absolute atomic E-state index is 12.6. The Morgan fingerprint density at radius 1 is 1.23 bits per heavy atom. The maximum Gasteiger partial charge on any atom is 0.230 e. The summed E-state index contributed by atoms with van der Waals surface area (Å²) in [5.41, 5.74) is 2.00. The quantitative estimate of drug-likeness (QED) is 0.587. The van der Waals surface area contributed by atoms with Crippen LogP contribution >= 0.6 is 11.8 Å². The minimum atomic E-state index is -3.08.